The first-order valence-electron chi connectivity index (χ1n) is 8.12. The zero-order valence-electron chi connectivity index (χ0n) is 14.5. The van der Waals surface area contributed by atoms with Gasteiger partial charge in [-0.1, -0.05) is 49.2 Å². The molecule has 4 heteroatoms. The molecule has 2 nitrogen and oxygen atoms in total. The maximum absolute atomic E-state index is 6.31. The summed E-state index contributed by atoms with van der Waals surface area (Å²) in [5.74, 6) is 0. The van der Waals surface area contributed by atoms with Gasteiger partial charge in [0.1, 0.15) is 0 Å². The van der Waals surface area contributed by atoms with Crippen molar-refractivity contribution in [2.45, 2.75) is 40.5 Å². The van der Waals surface area contributed by atoms with Crippen LogP contribution in [0.1, 0.15) is 37.8 Å². The van der Waals surface area contributed by atoms with E-state index in [0.29, 0.717) is 10.0 Å². The number of hydrogen-bond acceptors (Lipinski definition) is 2. The predicted octanol–water partition coefficient (Wildman–Crippen LogP) is 7.28. The van der Waals surface area contributed by atoms with Gasteiger partial charge in [-0.05, 0) is 62.1 Å². The molecule has 0 spiro atoms. The Labute approximate surface area is 154 Å². The molecule has 0 aliphatic rings. The minimum atomic E-state index is 0.657. The highest BCUT2D eigenvalue weighted by atomic mass is 35.5. The van der Waals surface area contributed by atoms with Gasteiger partial charge in [0.2, 0.25) is 0 Å². The van der Waals surface area contributed by atoms with Gasteiger partial charge in [0, 0.05) is 0 Å². The van der Waals surface area contributed by atoms with Crippen LogP contribution in [0.3, 0.4) is 0 Å². The summed E-state index contributed by atoms with van der Waals surface area (Å²) in [5, 5.41) is 1.31. The van der Waals surface area contributed by atoms with Crippen LogP contribution in [0.2, 0.25) is 10.0 Å². The van der Waals surface area contributed by atoms with Crippen LogP contribution in [0.4, 0.5) is 11.4 Å². The van der Waals surface area contributed by atoms with Crippen LogP contribution in [0.15, 0.2) is 46.4 Å². The predicted molar refractivity (Wildman–Crippen MR) is 107 cm³/mol. The average Bonchev–Trinajstić information content (AvgIpc) is 2.54. The van der Waals surface area contributed by atoms with Gasteiger partial charge < -0.3 is 0 Å². The summed E-state index contributed by atoms with van der Waals surface area (Å²) in [4.78, 5) is 9.49. The van der Waals surface area contributed by atoms with Gasteiger partial charge in [-0.3, -0.25) is 9.98 Å². The average molecular weight is 361 g/mol. The third-order valence-electron chi connectivity index (χ3n) is 3.72. The van der Waals surface area contributed by atoms with Crippen LogP contribution in [0.5, 0.6) is 0 Å². The van der Waals surface area contributed by atoms with Gasteiger partial charge in [0.05, 0.1) is 32.8 Å². The van der Waals surface area contributed by atoms with Gasteiger partial charge in [0.15, 0.2) is 0 Å². The Morgan fingerprint density at radius 3 is 1.42 bits per heavy atom. The molecule has 0 atom stereocenters. The van der Waals surface area contributed by atoms with Crippen molar-refractivity contribution < 1.29 is 0 Å². The van der Waals surface area contributed by atoms with Crippen LogP contribution in [-0.4, -0.2) is 11.4 Å². The zero-order valence-corrected chi connectivity index (χ0v) is 16.0. The number of halogens is 2. The second kappa shape index (κ2) is 8.46. The summed E-state index contributed by atoms with van der Waals surface area (Å²) in [6.45, 7) is 8.17. The van der Waals surface area contributed by atoms with E-state index in [1.165, 1.54) is 0 Å². The summed E-state index contributed by atoms with van der Waals surface area (Å²) >= 11 is 12.6. The first-order valence-corrected chi connectivity index (χ1v) is 8.88. The summed E-state index contributed by atoms with van der Waals surface area (Å²) in [6, 6.07) is 11.8. The van der Waals surface area contributed by atoms with Crippen molar-refractivity contribution in [2.75, 3.05) is 0 Å². The van der Waals surface area contributed by atoms with Gasteiger partial charge in [-0.2, -0.15) is 0 Å². The molecule has 0 fully saturated rings. The van der Waals surface area contributed by atoms with E-state index in [1.54, 1.807) is 0 Å². The molecule has 0 aromatic heterocycles. The van der Waals surface area contributed by atoms with Crippen molar-refractivity contribution in [3.63, 3.8) is 0 Å². The van der Waals surface area contributed by atoms with Gasteiger partial charge in [-0.25, -0.2) is 0 Å². The van der Waals surface area contributed by atoms with Crippen molar-refractivity contribution in [2.24, 2.45) is 9.98 Å². The van der Waals surface area contributed by atoms with Gasteiger partial charge >= 0.3 is 0 Å². The van der Waals surface area contributed by atoms with Crippen molar-refractivity contribution in [1.29, 1.82) is 0 Å². The molecule has 0 heterocycles. The molecule has 0 unspecified atom stereocenters. The zero-order chi connectivity index (χ0) is 17.7. The fourth-order valence-corrected chi connectivity index (χ4v) is 2.95. The Kier molecular flexibility index (Phi) is 6.59. The highest BCUT2D eigenvalue weighted by molar-refractivity contribution is 6.44. The monoisotopic (exact) mass is 360 g/mol. The van der Waals surface area contributed by atoms with Crippen LogP contribution in [0.25, 0.3) is 0 Å². The van der Waals surface area contributed by atoms with Crippen LogP contribution in [0, 0.1) is 13.8 Å². The highest BCUT2D eigenvalue weighted by Crippen LogP contribution is 2.28. The lowest BCUT2D eigenvalue weighted by Gasteiger charge is -2.09. The lowest BCUT2D eigenvalue weighted by atomic mass is 10.1. The Morgan fingerprint density at radius 2 is 1.12 bits per heavy atom. The minimum absolute atomic E-state index is 0.657. The summed E-state index contributed by atoms with van der Waals surface area (Å²) in [5.41, 5.74) is 5.64. The minimum Gasteiger partial charge on any atom is -0.250 e. The highest BCUT2D eigenvalue weighted by Gasteiger charge is 2.09. The van der Waals surface area contributed by atoms with Crippen LogP contribution < -0.4 is 0 Å². The molecule has 2 aromatic carbocycles. The lowest BCUT2D eigenvalue weighted by Crippen LogP contribution is -2.11. The Hall–Kier alpha value is -1.64. The molecule has 0 saturated heterocycles. The maximum atomic E-state index is 6.31. The molecule has 0 aliphatic carbocycles. The number of rotatable bonds is 5. The number of benzene rings is 2. The van der Waals surface area contributed by atoms with E-state index in [9.17, 15) is 0 Å². The first kappa shape index (κ1) is 18.7. The third kappa shape index (κ3) is 4.68. The van der Waals surface area contributed by atoms with E-state index in [2.05, 4.69) is 13.8 Å². The lowest BCUT2D eigenvalue weighted by molar-refractivity contribution is 1.23. The molecule has 0 radical (unpaired) electrons. The molecular weight excluding hydrogens is 339 g/mol. The molecule has 0 N–H and O–H groups in total. The topological polar surface area (TPSA) is 24.7 Å². The van der Waals surface area contributed by atoms with Gasteiger partial charge in [0.25, 0.3) is 0 Å². The number of hydrogen-bond donors (Lipinski definition) is 0. The second-order valence-electron chi connectivity index (χ2n) is 5.73. The third-order valence-corrected chi connectivity index (χ3v) is 4.33. The van der Waals surface area contributed by atoms with E-state index in [0.717, 1.165) is 46.8 Å². The van der Waals surface area contributed by atoms with E-state index in [-0.39, 0.29) is 0 Å². The largest absolute Gasteiger partial charge is 0.250 e. The fraction of sp³-hybridized carbons (Fsp3) is 0.300. The molecule has 0 amide bonds. The Balaban J connectivity index is 2.45. The van der Waals surface area contributed by atoms with Crippen molar-refractivity contribution in [3.8, 4) is 0 Å². The molecule has 0 aliphatic heterocycles. The number of nitrogens with zero attached hydrogens (tertiary/aromatic N) is 2. The molecule has 0 saturated carbocycles. The first-order chi connectivity index (χ1) is 11.4. The SMILES string of the molecule is CCC(=Nc1ccc(C)cc1Cl)C(CC)=Nc1ccc(C)cc1Cl. The van der Waals surface area contributed by atoms with Crippen molar-refractivity contribution >= 4 is 46.0 Å². The van der Waals surface area contributed by atoms with E-state index in [1.807, 2.05) is 50.2 Å². The maximum Gasteiger partial charge on any atom is 0.0820 e. The number of aliphatic imine (C=N–C) groups is 2. The Morgan fingerprint density at radius 1 is 0.750 bits per heavy atom. The molecule has 24 heavy (non-hydrogen) atoms. The smallest absolute Gasteiger partial charge is 0.0820 e. The summed E-state index contributed by atoms with van der Waals surface area (Å²) < 4.78 is 0. The molecule has 2 aromatic rings. The van der Waals surface area contributed by atoms with Crippen LogP contribution >= 0.6 is 23.2 Å². The van der Waals surface area contributed by atoms with E-state index >= 15 is 0 Å². The molecular formula is C20H22Cl2N2. The van der Waals surface area contributed by atoms with Crippen molar-refractivity contribution in [1.82, 2.24) is 0 Å². The quantitative estimate of drug-likeness (QED) is 0.500. The standard InChI is InChI=1S/C20H22Cl2N2/c1-5-17(23-19-9-7-13(3)11-15(19)21)18(6-2)24-20-10-8-14(4)12-16(20)22/h7-12H,5-6H2,1-4H3. The molecule has 0 bridgehead atoms. The normalized spacial score (nSPS) is 12.6. The molecule has 2 rings (SSSR count). The second-order valence-corrected chi connectivity index (χ2v) is 6.55. The molecule has 126 valence electrons. The fourth-order valence-electron chi connectivity index (χ4n) is 2.39. The Bertz CT molecular complexity index is 725. The number of aryl methyl sites for hydroxylation is 2. The summed E-state index contributed by atoms with van der Waals surface area (Å²) in [6.07, 6.45) is 1.56. The van der Waals surface area contributed by atoms with E-state index < -0.39 is 0 Å². The van der Waals surface area contributed by atoms with Crippen molar-refractivity contribution in [3.05, 3.63) is 57.6 Å². The summed E-state index contributed by atoms with van der Waals surface area (Å²) in [7, 11) is 0. The van der Waals surface area contributed by atoms with E-state index in [4.69, 9.17) is 33.2 Å². The van der Waals surface area contributed by atoms with Crippen LogP contribution in [-0.2, 0) is 0 Å². The van der Waals surface area contributed by atoms with Gasteiger partial charge in [-0.15, -0.1) is 0 Å².